The molecular formula is C17H19ClN2O3S. The second-order valence-electron chi connectivity index (χ2n) is 6.23. The van der Waals surface area contributed by atoms with Crippen molar-refractivity contribution in [3.63, 3.8) is 0 Å². The van der Waals surface area contributed by atoms with Crippen molar-refractivity contribution >= 4 is 40.4 Å². The molecule has 1 aliphatic carbocycles. The molecule has 0 bridgehead atoms. The van der Waals surface area contributed by atoms with Gasteiger partial charge in [-0.3, -0.25) is 14.5 Å². The third-order valence-electron chi connectivity index (χ3n) is 4.56. The smallest absolute Gasteiger partial charge is 0.325 e. The Hall–Kier alpha value is -1.53. The number of benzene rings is 1. The van der Waals surface area contributed by atoms with Crippen molar-refractivity contribution in [3.8, 4) is 0 Å². The average molecular weight is 367 g/mol. The Morgan fingerprint density at radius 1 is 1.21 bits per heavy atom. The number of halogens is 1. The first kappa shape index (κ1) is 17.3. The lowest BCUT2D eigenvalue weighted by atomic mass is 9.94. The van der Waals surface area contributed by atoms with E-state index < -0.39 is 0 Å². The Kier molecular flexibility index (Phi) is 5.15. The summed E-state index contributed by atoms with van der Waals surface area (Å²) in [4.78, 5) is 37.4. The van der Waals surface area contributed by atoms with Gasteiger partial charge in [-0.2, -0.15) is 0 Å². The number of nitrogens with one attached hydrogen (secondary N) is 1. The van der Waals surface area contributed by atoms with Crippen molar-refractivity contribution in [2.45, 2.75) is 49.9 Å². The molecule has 3 rings (SSSR count). The van der Waals surface area contributed by atoms with E-state index in [4.69, 9.17) is 11.6 Å². The number of amides is 3. The van der Waals surface area contributed by atoms with E-state index in [1.54, 1.807) is 12.1 Å². The van der Waals surface area contributed by atoms with Gasteiger partial charge in [-0.15, -0.1) is 0 Å². The minimum atomic E-state index is -0.365. The minimum Gasteiger partial charge on any atom is -0.335 e. The number of carbonyl (C=O) groups excluding carboxylic acids is 3. The summed E-state index contributed by atoms with van der Waals surface area (Å²) in [5.74, 6) is 0.240. The minimum absolute atomic E-state index is 0.0326. The largest absolute Gasteiger partial charge is 0.335 e. The lowest BCUT2D eigenvalue weighted by molar-refractivity contribution is -0.120. The second-order valence-corrected chi connectivity index (χ2v) is 7.76. The van der Waals surface area contributed by atoms with Gasteiger partial charge in [-0.05, 0) is 37.5 Å². The van der Waals surface area contributed by atoms with E-state index in [0.717, 1.165) is 17.3 Å². The number of rotatable bonds is 2. The van der Waals surface area contributed by atoms with Crippen molar-refractivity contribution in [2.24, 2.45) is 0 Å². The number of Topliss-reactive ketones (excluding diaryl/α,β-unsaturated/α-hetero) is 1. The second kappa shape index (κ2) is 7.15. The molecule has 1 saturated heterocycles. The summed E-state index contributed by atoms with van der Waals surface area (Å²) in [6.45, 7) is 1.88. The summed E-state index contributed by atoms with van der Waals surface area (Å²) >= 11 is 7.07. The standard InChI is InChI=1S/C17H19ClN2O3S/c1-10-15(11-2-4-12(18)5-3-11)24-17(23)20(10)16(22)19-13-6-8-14(21)9-7-13/h2-5,10,13,15H,6-9H2,1H3,(H,19,22). The average Bonchev–Trinajstić information content (AvgIpc) is 2.85. The van der Waals surface area contributed by atoms with Crippen molar-refractivity contribution in [2.75, 3.05) is 0 Å². The predicted molar refractivity (Wildman–Crippen MR) is 94.3 cm³/mol. The molecule has 0 radical (unpaired) electrons. The highest BCUT2D eigenvalue weighted by Gasteiger charge is 2.42. The van der Waals surface area contributed by atoms with E-state index in [-0.39, 0.29) is 34.4 Å². The van der Waals surface area contributed by atoms with Crippen LogP contribution in [0.2, 0.25) is 5.02 Å². The first-order valence-corrected chi connectivity index (χ1v) is 9.29. The van der Waals surface area contributed by atoms with Crippen molar-refractivity contribution < 1.29 is 14.4 Å². The van der Waals surface area contributed by atoms with Crippen LogP contribution in [-0.4, -0.2) is 34.0 Å². The van der Waals surface area contributed by atoms with Crippen LogP contribution in [0.15, 0.2) is 24.3 Å². The molecule has 5 nitrogen and oxygen atoms in total. The van der Waals surface area contributed by atoms with Gasteiger partial charge in [0.05, 0.1) is 11.3 Å². The highest BCUT2D eigenvalue weighted by molar-refractivity contribution is 8.14. The normalized spacial score (nSPS) is 25.2. The molecule has 1 saturated carbocycles. The number of nitrogens with zero attached hydrogens (tertiary/aromatic N) is 1. The fourth-order valence-electron chi connectivity index (χ4n) is 3.16. The Morgan fingerprint density at radius 2 is 1.83 bits per heavy atom. The quantitative estimate of drug-likeness (QED) is 0.853. The first-order chi connectivity index (χ1) is 11.5. The lowest BCUT2D eigenvalue weighted by Crippen LogP contribution is -2.48. The third-order valence-corrected chi connectivity index (χ3v) is 6.13. The maximum absolute atomic E-state index is 12.5. The number of urea groups is 1. The van der Waals surface area contributed by atoms with Gasteiger partial charge < -0.3 is 5.32 Å². The molecule has 1 aromatic rings. The van der Waals surface area contributed by atoms with E-state index >= 15 is 0 Å². The van der Waals surface area contributed by atoms with Gasteiger partial charge in [0.1, 0.15) is 5.78 Å². The van der Waals surface area contributed by atoms with E-state index in [1.165, 1.54) is 4.90 Å². The number of carbonyl (C=O) groups is 3. The lowest BCUT2D eigenvalue weighted by Gasteiger charge is -2.27. The van der Waals surface area contributed by atoms with E-state index in [0.29, 0.717) is 30.7 Å². The molecule has 0 aromatic heterocycles. The van der Waals surface area contributed by atoms with Crippen LogP contribution in [-0.2, 0) is 4.79 Å². The van der Waals surface area contributed by atoms with Gasteiger partial charge in [0.25, 0.3) is 5.24 Å². The maximum atomic E-state index is 12.5. The molecule has 2 atom stereocenters. The van der Waals surface area contributed by atoms with Crippen molar-refractivity contribution in [3.05, 3.63) is 34.9 Å². The van der Waals surface area contributed by atoms with Crippen LogP contribution in [0.4, 0.5) is 9.59 Å². The summed E-state index contributed by atoms with van der Waals surface area (Å²) in [5.41, 5.74) is 0.976. The molecule has 3 amide bonds. The molecule has 2 fully saturated rings. The number of thioether (sulfide) groups is 1. The fraction of sp³-hybridized carbons (Fsp3) is 0.471. The van der Waals surface area contributed by atoms with Crippen LogP contribution < -0.4 is 5.32 Å². The van der Waals surface area contributed by atoms with Gasteiger partial charge in [0, 0.05) is 23.9 Å². The monoisotopic (exact) mass is 366 g/mol. The predicted octanol–water partition coefficient (Wildman–Crippen LogP) is 4.16. The van der Waals surface area contributed by atoms with Gasteiger partial charge in [-0.25, -0.2) is 4.79 Å². The highest BCUT2D eigenvalue weighted by atomic mass is 35.5. The molecule has 24 heavy (non-hydrogen) atoms. The van der Waals surface area contributed by atoms with Gasteiger partial charge >= 0.3 is 6.03 Å². The zero-order valence-electron chi connectivity index (χ0n) is 13.3. The molecule has 1 N–H and O–H groups in total. The summed E-state index contributed by atoms with van der Waals surface area (Å²) in [7, 11) is 0. The van der Waals surface area contributed by atoms with Crippen LogP contribution >= 0.6 is 23.4 Å². The van der Waals surface area contributed by atoms with Gasteiger partial charge in [-0.1, -0.05) is 35.5 Å². The first-order valence-electron chi connectivity index (χ1n) is 8.03. The molecule has 7 heteroatoms. The molecule has 0 spiro atoms. The SMILES string of the molecule is CC1C(c2ccc(Cl)cc2)SC(=O)N1C(=O)NC1CCC(=O)CC1. The Labute approximate surface area is 150 Å². The number of ketones is 1. The zero-order chi connectivity index (χ0) is 17.3. The molecule has 2 unspecified atom stereocenters. The van der Waals surface area contributed by atoms with E-state index in [9.17, 15) is 14.4 Å². The van der Waals surface area contributed by atoms with Crippen LogP contribution in [0.5, 0.6) is 0 Å². The van der Waals surface area contributed by atoms with Crippen LogP contribution in [0.3, 0.4) is 0 Å². The Bertz CT molecular complexity index is 654. The van der Waals surface area contributed by atoms with Crippen molar-refractivity contribution in [1.82, 2.24) is 10.2 Å². The molecular weight excluding hydrogens is 348 g/mol. The van der Waals surface area contributed by atoms with E-state index in [2.05, 4.69) is 5.32 Å². The van der Waals surface area contributed by atoms with Gasteiger partial charge in [0.15, 0.2) is 0 Å². The van der Waals surface area contributed by atoms with Crippen LogP contribution in [0, 0.1) is 0 Å². The van der Waals surface area contributed by atoms with E-state index in [1.807, 2.05) is 19.1 Å². The van der Waals surface area contributed by atoms with Crippen LogP contribution in [0.25, 0.3) is 0 Å². The maximum Gasteiger partial charge on any atom is 0.325 e. The molecule has 1 heterocycles. The van der Waals surface area contributed by atoms with Crippen molar-refractivity contribution in [1.29, 1.82) is 0 Å². The number of hydrogen-bond donors (Lipinski definition) is 1. The highest BCUT2D eigenvalue weighted by Crippen LogP contribution is 2.43. The van der Waals surface area contributed by atoms with Crippen LogP contribution in [0.1, 0.15) is 43.4 Å². The Morgan fingerprint density at radius 3 is 2.46 bits per heavy atom. The molecule has 2 aliphatic rings. The fourth-order valence-corrected chi connectivity index (χ4v) is 4.48. The summed E-state index contributed by atoms with van der Waals surface area (Å²) in [6.07, 6.45) is 2.29. The summed E-state index contributed by atoms with van der Waals surface area (Å²) < 4.78 is 0. The molecule has 128 valence electrons. The summed E-state index contributed by atoms with van der Waals surface area (Å²) in [5, 5.41) is 3.20. The third kappa shape index (κ3) is 3.59. The zero-order valence-corrected chi connectivity index (χ0v) is 14.9. The topological polar surface area (TPSA) is 66.5 Å². The number of hydrogen-bond acceptors (Lipinski definition) is 4. The Balaban J connectivity index is 1.67. The summed E-state index contributed by atoms with van der Waals surface area (Å²) in [6, 6.07) is 6.71. The molecule has 1 aromatic carbocycles. The van der Waals surface area contributed by atoms with Gasteiger partial charge in [0.2, 0.25) is 0 Å². The number of imide groups is 1. The molecule has 1 aliphatic heterocycles.